The van der Waals surface area contributed by atoms with Gasteiger partial charge >= 0.3 is 0 Å². The maximum atomic E-state index is 11.8. The number of ether oxygens (including phenoxy) is 2. The van der Waals surface area contributed by atoms with Crippen LogP contribution in [-0.4, -0.2) is 32.7 Å². The van der Waals surface area contributed by atoms with E-state index in [1.165, 1.54) is 0 Å². The SMILES string of the molecule is CNCCC(=O)NC(C)c1cc2c(cc1Br)OCCO2. The second kappa shape index (κ2) is 6.95. The lowest BCUT2D eigenvalue weighted by Gasteiger charge is -2.22. The van der Waals surface area contributed by atoms with E-state index >= 15 is 0 Å². The second-order valence-electron chi connectivity index (χ2n) is 4.66. The number of hydrogen-bond acceptors (Lipinski definition) is 4. The number of amides is 1. The molecule has 0 fully saturated rings. The summed E-state index contributed by atoms with van der Waals surface area (Å²) in [7, 11) is 1.83. The Hall–Kier alpha value is -1.27. The number of fused-ring (bicyclic) bond motifs is 1. The highest BCUT2D eigenvalue weighted by Crippen LogP contribution is 2.37. The molecule has 110 valence electrons. The van der Waals surface area contributed by atoms with Crippen LogP contribution in [0, 0.1) is 0 Å². The normalized spacial score (nSPS) is 14.8. The van der Waals surface area contributed by atoms with E-state index in [0.29, 0.717) is 26.2 Å². The van der Waals surface area contributed by atoms with Crippen molar-refractivity contribution in [3.63, 3.8) is 0 Å². The van der Waals surface area contributed by atoms with Crippen LogP contribution in [0.4, 0.5) is 0 Å². The van der Waals surface area contributed by atoms with Crippen molar-refractivity contribution in [1.82, 2.24) is 10.6 Å². The van der Waals surface area contributed by atoms with Gasteiger partial charge in [0.1, 0.15) is 13.2 Å². The first-order valence-corrected chi connectivity index (χ1v) is 7.44. The van der Waals surface area contributed by atoms with Gasteiger partial charge in [0.05, 0.1) is 6.04 Å². The van der Waals surface area contributed by atoms with E-state index in [9.17, 15) is 4.79 Å². The van der Waals surface area contributed by atoms with Crippen LogP contribution in [0.25, 0.3) is 0 Å². The van der Waals surface area contributed by atoms with E-state index in [1.54, 1.807) is 0 Å². The maximum Gasteiger partial charge on any atom is 0.221 e. The molecule has 2 N–H and O–H groups in total. The molecule has 0 aromatic heterocycles. The van der Waals surface area contributed by atoms with E-state index in [2.05, 4.69) is 26.6 Å². The van der Waals surface area contributed by atoms with Gasteiger partial charge in [0.25, 0.3) is 0 Å². The van der Waals surface area contributed by atoms with E-state index in [4.69, 9.17) is 9.47 Å². The van der Waals surface area contributed by atoms with Crippen molar-refractivity contribution in [3.05, 3.63) is 22.2 Å². The van der Waals surface area contributed by atoms with Crippen molar-refractivity contribution in [2.24, 2.45) is 0 Å². The third kappa shape index (κ3) is 3.64. The Kier molecular flexibility index (Phi) is 5.25. The van der Waals surface area contributed by atoms with Gasteiger partial charge in [-0.25, -0.2) is 0 Å². The average Bonchev–Trinajstić information content (AvgIpc) is 2.44. The Bertz CT molecular complexity index is 494. The molecule has 5 nitrogen and oxygen atoms in total. The molecule has 2 rings (SSSR count). The van der Waals surface area contributed by atoms with Crippen LogP contribution in [0.2, 0.25) is 0 Å². The van der Waals surface area contributed by atoms with Crippen molar-refractivity contribution in [2.45, 2.75) is 19.4 Å². The first-order chi connectivity index (χ1) is 9.61. The second-order valence-corrected chi connectivity index (χ2v) is 5.51. The Morgan fingerprint density at radius 3 is 2.65 bits per heavy atom. The summed E-state index contributed by atoms with van der Waals surface area (Å²) in [6.07, 6.45) is 0.461. The summed E-state index contributed by atoms with van der Waals surface area (Å²) < 4.78 is 12.0. The van der Waals surface area contributed by atoms with Crippen LogP contribution in [0.5, 0.6) is 11.5 Å². The van der Waals surface area contributed by atoms with Gasteiger partial charge < -0.3 is 20.1 Å². The first-order valence-electron chi connectivity index (χ1n) is 6.65. The summed E-state index contributed by atoms with van der Waals surface area (Å²) in [5.41, 5.74) is 0.979. The molecule has 0 saturated heterocycles. The molecule has 0 aliphatic carbocycles. The third-order valence-corrected chi connectivity index (χ3v) is 3.79. The third-order valence-electron chi connectivity index (χ3n) is 3.11. The Labute approximate surface area is 127 Å². The minimum absolute atomic E-state index is 0.0219. The molecule has 1 aromatic rings. The number of benzene rings is 1. The van der Waals surface area contributed by atoms with Crippen LogP contribution in [-0.2, 0) is 4.79 Å². The zero-order valence-corrected chi connectivity index (χ0v) is 13.2. The van der Waals surface area contributed by atoms with Crippen molar-refractivity contribution < 1.29 is 14.3 Å². The summed E-state index contributed by atoms with van der Waals surface area (Å²) in [5.74, 6) is 1.49. The van der Waals surface area contributed by atoms with E-state index in [-0.39, 0.29) is 11.9 Å². The Morgan fingerprint density at radius 1 is 1.35 bits per heavy atom. The number of carbonyl (C=O) groups is 1. The largest absolute Gasteiger partial charge is 0.486 e. The number of nitrogens with one attached hydrogen (secondary N) is 2. The summed E-state index contributed by atoms with van der Waals surface area (Å²) in [4.78, 5) is 11.8. The zero-order valence-electron chi connectivity index (χ0n) is 11.7. The monoisotopic (exact) mass is 342 g/mol. The highest BCUT2D eigenvalue weighted by atomic mass is 79.9. The van der Waals surface area contributed by atoms with Crippen LogP contribution >= 0.6 is 15.9 Å². The fourth-order valence-electron chi connectivity index (χ4n) is 2.04. The van der Waals surface area contributed by atoms with E-state index in [0.717, 1.165) is 21.5 Å². The lowest BCUT2D eigenvalue weighted by atomic mass is 10.1. The minimum Gasteiger partial charge on any atom is -0.486 e. The van der Waals surface area contributed by atoms with Crippen molar-refractivity contribution in [3.8, 4) is 11.5 Å². The van der Waals surface area contributed by atoms with Gasteiger partial charge in [-0.2, -0.15) is 0 Å². The molecule has 1 amide bonds. The van der Waals surface area contributed by atoms with E-state index < -0.39 is 0 Å². The molecule has 6 heteroatoms. The number of halogens is 1. The van der Waals surface area contributed by atoms with Gasteiger partial charge in [0.2, 0.25) is 5.91 Å². The quantitative estimate of drug-likeness (QED) is 0.859. The van der Waals surface area contributed by atoms with Crippen LogP contribution in [0.15, 0.2) is 16.6 Å². The van der Waals surface area contributed by atoms with Crippen molar-refractivity contribution in [2.75, 3.05) is 26.8 Å². The summed E-state index contributed by atoms with van der Waals surface area (Å²) in [6, 6.07) is 3.71. The molecular formula is C14H19BrN2O3. The van der Waals surface area contributed by atoms with Gasteiger partial charge in [-0.1, -0.05) is 15.9 Å². The molecule has 20 heavy (non-hydrogen) atoms. The molecule has 1 aromatic carbocycles. The predicted molar refractivity (Wildman–Crippen MR) is 80.2 cm³/mol. The smallest absolute Gasteiger partial charge is 0.221 e. The zero-order chi connectivity index (χ0) is 14.5. The highest BCUT2D eigenvalue weighted by molar-refractivity contribution is 9.10. The Balaban J connectivity index is 2.09. The van der Waals surface area contributed by atoms with Gasteiger partial charge in [-0.15, -0.1) is 0 Å². The summed E-state index contributed by atoms with van der Waals surface area (Å²) in [5, 5.41) is 5.93. The fraction of sp³-hybridized carbons (Fsp3) is 0.500. The van der Waals surface area contributed by atoms with Gasteiger partial charge in [-0.05, 0) is 31.7 Å². The summed E-state index contributed by atoms with van der Waals surface area (Å²) >= 11 is 3.52. The van der Waals surface area contributed by atoms with Crippen LogP contribution < -0.4 is 20.1 Å². The molecule has 0 radical (unpaired) electrons. The minimum atomic E-state index is -0.0930. The summed E-state index contributed by atoms with van der Waals surface area (Å²) in [6.45, 7) is 3.74. The molecule has 1 atom stereocenters. The standard InChI is InChI=1S/C14H19BrN2O3/c1-9(17-14(18)3-4-16-2)10-7-12-13(8-11(10)15)20-6-5-19-12/h7-9,16H,3-6H2,1-2H3,(H,17,18). The van der Waals surface area contributed by atoms with Gasteiger partial charge in [0, 0.05) is 17.4 Å². The predicted octanol–water partition coefficient (Wildman–Crippen LogP) is 2.01. The average molecular weight is 343 g/mol. The van der Waals surface area contributed by atoms with E-state index in [1.807, 2.05) is 26.1 Å². The molecule has 1 aliphatic rings. The molecule has 0 saturated carbocycles. The number of rotatable bonds is 5. The van der Waals surface area contributed by atoms with Gasteiger partial charge in [-0.3, -0.25) is 4.79 Å². The molecule has 0 spiro atoms. The first kappa shape index (κ1) is 15.1. The molecular weight excluding hydrogens is 324 g/mol. The molecule has 1 aliphatic heterocycles. The van der Waals surface area contributed by atoms with Crippen molar-refractivity contribution in [1.29, 1.82) is 0 Å². The highest BCUT2D eigenvalue weighted by Gasteiger charge is 2.19. The topological polar surface area (TPSA) is 59.6 Å². The van der Waals surface area contributed by atoms with Gasteiger partial charge in [0.15, 0.2) is 11.5 Å². The van der Waals surface area contributed by atoms with Crippen molar-refractivity contribution >= 4 is 21.8 Å². The lowest BCUT2D eigenvalue weighted by Crippen LogP contribution is -2.29. The number of carbonyl (C=O) groups excluding carboxylic acids is 1. The maximum absolute atomic E-state index is 11.8. The van der Waals surface area contributed by atoms with Crippen LogP contribution in [0.1, 0.15) is 24.9 Å². The number of hydrogen-bond donors (Lipinski definition) is 2. The lowest BCUT2D eigenvalue weighted by molar-refractivity contribution is -0.121. The van der Waals surface area contributed by atoms with Crippen LogP contribution in [0.3, 0.4) is 0 Å². The Morgan fingerprint density at radius 2 is 2.00 bits per heavy atom. The molecule has 1 unspecified atom stereocenters. The molecule has 0 bridgehead atoms. The molecule has 1 heterocycles. The fourth-order valence-corrected chi connectivity index (χ4v) is 2.71.